The van der Waals surface area contributed by atoms with Crippen molar-refractivity contribution in [2.24, 2.45) is 7.05 Å². The second-order valence-corrected chi connectivity index (χ2v) is 5.01. The summed E-state index contributed by atoms with van der Waals surface area (Å²) in [5.74, 6) is 0.328. The number of carbonyl (C=O) groups excluding carboxylic acids is 1. The van der Waals surface area contributed by atoms with Crippen LogP contribution in [0.15, 0.2) is 36.0 Å². The van der Waals surface area contributed by atoms with Gasteiger partial charge in [0.05, 0.1) is 0 Å². The lowest BCUT2D eigenvalue weighted by Gasteiger charge is -2.11. The van der Waals surface area contributed by atoms with Gasteiger partial charge in [0.15, 0.2) is 5.78 Å². The van der Waals surface area contributed by atoms with Crippen molar-refractivity contribution in [1.29, 1.82) is 0 Å². The molecule has 1 aromatic carbocycles. The Hall–Kier alpha value is -1.83. The van der Waals surface area contributed by atoms with Gasteiger partial charge < -0.3 is 4.57 Å². The van der Waals surface area contributed by atoms with E-state index in [-0.39, 0.29) is 0 Å². The Kier molecular flexibility index (Phi) is 2.78. The summed E-state index contributed by atoms with van der Waals surface area (Å²) in [4.78, 5) is 11.9. The summed E-state index contributed by atoms with van der Waals surface area (Å²) in [6.45, 7) is 0. The number of benzene rings is 1. The van der Waals surface area contributed by atoms with Crippen LogP contribution in [-0.4, -0.2) is 10.4 Å². The molecular formula is C16H17NO. The van der Waals surface area contributed by atoms with E-state index in [1.807, 2.05) is 19.2 Å². The average Bonchev–Trinajstić information content (AvgIpc) is 2.70. The Morgan fingerprint density at radius 1 is 1.17 bits per heavy atom. The molecule has 1 aliphatic rings. The standard InChI is InChI=1S/C16H17NO/c1-17-11-13(14-7-3-4-8-15(14)17)10-12-6-2-5-9-16(12)18/h3-4,7-8,10-11H,2,5-6,9H2,1H3/b12-10-. The van der Waals surface area contributed by atoms with Crippen molar-refractivity contribution in [1.82, 2.24) is 4.57 Å². The fourth-order valence-electron chi connectivity index (χ4n) is 2.73. The van der Waals surface area contributed by atoms with Crippen LogP contribution in [0.1, 0.15) is 31.2 Å². The number of ketones is 1. The largest absolute Gasteiger partial charge is 0.350 e. The fourth-order valence-corrected chi connectivity index (χ4v) is 2.73. The summed E-state index contributed by atoms with van der Waals surface area (Å²) in [6, 6.07) is 8.33. The molecule has 1 aliphatic carbocycles. The molecule has 2 aromatic rings. The molecule has 0 spiro atoms. The number of allylic oxidation sites excluding steroid dienone is 1. The van der Waals surface area contributed by atoms with Crippen molar-refractivity contribution in [3.8, 4) is 0 Å². The minimum Gasteiger partial charge on any atom is -0.350 e. The molecule has 1 saturated carbocycles. The van der Waals surface area contributed by atoms with E-state index in [2.05, 4.69) is 29.0 Å². The van der Waals surface area contributed by atoms with Gasteiger partial charge in [-0.15, -0.1) is 0 Å². The molecule has 0 aliphatic heterocycles. The predicted molar refractivity (Wildman–Crippen MR) is 74.4 cm³/mol. The van der Waals surface area contributed by atoms with Crippen LogP contribution in [0.5, 0.6) is 0 Å². The lowest BCUT2D eigenvalue weighted by Crippen LogP contribution is -2.07. The Balaban J connectivity index is 2.09. The number of carbonyl (C=O) groups is 1. The number of fused-ring (bicyclic) bond motifs is 1. The highest BCUT2D eigenvalue weighted by Gasteiger charge is 2.15. The van der Waals surface area contributed by atoms with Crippen molar-refractivity contribution in [2.75, 3.05) is 0 Å². The van der Waals surface area contributed by atoms with Crippen LogP contribution in [-0.2, 0) is 11.8 Å². The van der Waals surface area contributed by atoms with Crippen LogP contribution in [0.25, 0.3) is 17.0 Å². The van der Waals surface area contributed by atoms with Crippen LogP contribution in [0.3, 0.4) is 0 Å². The topological polar surface area (TPSA) is 22.0 Å². The molecule has 0 N–H and O–H groups in total. The summed E-state index contributed by atoms with van der Waals surface area (Å²) in [7, 11) is 2.05. The van der Waals surface area contributed by atoms with Gasteiger partial charge in [0, 0.05) is 36.1 Å². The van der Waals surface area contributed by atoms with Gasteiger partial charge in [0.1, 0.15) is 0 Å². The third-order valence-corrected chi connectivity index (χ3v) is 3.72. The van der Waals surface area contributed by atoms with Gasteiger partial charge in [-0.3, -0.25) is 4.79 Å². The van der Waals surface area contributed by atoms with Crippen molar-refractivity contribution in [2.45, 2.75) is 25.7 Å². The molecule has 92 valence electrons. The highest BCUT2D eigenvalue weighted by molar-refractivity contribution is 6.02. The Morgan fingerprint density at radius 2 is 1.94 bits per heavy atom. The lowest BCUT2D eigenvalue weighted by atomic mass is 9.92. The smallest absolute Gasteiger partial charge is 0.158 e. The Labute approximate surface area is 107 Å². The molecule has 0 amide bonds. The SMILES string of the molecule is Cn1cc(/C=C2/CCCCC2=O)c2ccccc21. The van der Waals surface area contributed by atoms with Crippen molar-refractivity contribution >= 4 is 22.8 Å². The van der Waals surface area contributed by atoms with E-state index in [1.165, 1.54) is 16.5 Å². The van der Waals surface area contributed by atoms with Crippen LogP contribution < -0.4 is 0 Å². The van der Waals surface area contributed by atoms with Crippen molar-refractivity contribution in [3.05, 3.63) is 41.6 Å². The molecule has 0 bridgehead atoms. The molecule has 18 heavy (non-hydrogen) atoms. The molecule has 0 unspecified atom stereocenters. The second-order valence-electron chi connectivity index (χ2n) is 5.01. The van der Waals surface area contributed by atoms with Gasteiger partial charge in [-0.2, -0.15) is 0 Å². The number of aromatic nitrogens is 1. The van der Waals surface area contributed by atoms with Gasteiger partial charge in [0.25, 0.3) is 0 Å². The first-order valence-electron chi connectivity index (χ1n) is 6.53. The molecule has 0 saturated heterocycles. The fraction of sp³-hybridized carbons (Fsp3) is 0.312. The zero-order valence-corrected chi connectivity index (χ0v) is 10.6. The molecule has 2 nitrogen and oxygen atoms in total. The summed E-state index contributed by atoms with van der Waals surface area (Å²) < 4.78 is 2.12. The summed E-state index contributed by atoms with van der Waals surface area (Å²) in [5, 5.41) is 1.23. The maximum atomic E-state index is 11.9. The Morgan fingerprint density at radius 3 is 2.78 bits per heavy atom. The monoisotopic (exact) mass is 239 g/mol. The van der Waals surface area contributed by atoms with Gasteiger partial charge in [0.2, 0.25) is 0 Å². The van der Waals surface area contributed by atoms with E-state index in [0.717, 1.165) is 31.3 Å². The summed E-state index contributed by atoms with van der Waals surface area (Å²) in [5.41, 5.74) is 3.38. The van der Waals surface area contributed by atoms with Crippen molar-refractivity contribution in [3.63, 3.8) is 0 Å². The van der Waals surface area contributed by atoms with Gasteiger partial charge in [-0.1, -0.05) is 18.2 Å². The third-order valence-electron chi connectivity index (χ3n) is 3.72. The number of aryl methyl sites for hydroxylation is 1. The number of hydrogen-bond acceptors (Lipinski definition) is 1. The molecule has 3 rings (SSSR count). The molecule has 1 fully saturated rings. The minimum absolute atomic E-state index is 0.328. The molecule has 1 heterocycles. The molecule has 1 aromatic heterocycles. The van der Waals surface area contributed by atoms with Crippen LogP contribution in [0.2, 0.25) is 0 Å². The van der Waals surface area contributed by atoms with E-state index >= 15 is 0 Å². The molecular weight excluding hydrogens is 222 g/mol. The minimum atomic E-state index is 0.328. The van der Waals surface area contributed by atoms with Crippen LogP contribution in [0.4, 0.5) is 0 Å². The van der Waals surface area contributed by atoms with E-state index in [4.69, 9.17) is 0 Å². The van der Waals surface area contributed by atoms with Crippen LogP contribution in [0, 0.1) is 0 Å². The zero-order chi connectivity index (χ0) is 12.5. The molecule has 2 heteroatoms. The Bertz CT molecular complexity index is 634. The first-order chi connectivity index (χ1) is 8.75. The van der Waals surface area contributed by atoms with Gasteiger partial charge >= 0.3 is 0 Å². The van der Waals surface area contributed by atoms with Gasteiger partial charge in [-0.05, 0) is 37.0 Å². The van der Waals surface area contributed by atoms with E-state index in [1.54, 1.807) is 0 Å². The first-order valence-corrected chi connectivity index (χ1v) is 6.53. The van der Waals surface area contributed by atoms with Crippen molar-refractivity contribution < 1.29 is 4.79 Å². The quantitative estimate of drug-likeness (QED) is 0.695. The highest BCUT2D eigenvalue weighted by atomic mass is 16.1. The number of hydrogen-bond donors (Lipinski definition) is 0. The summed E-state index contributed by atoms with van der Waals surface area (Å²) in [6.07, 6.45) is 8.04. The number of nitrogens with zero attached hydrogens (tertiary/aromatic N) is 1. The highest BCUT2D eigenvalue weighted by Crippen LogP contribution is 2.26. The number of para-hydroxylation sites is 1. The first kappa shape index (κ1) is 11.3. The average molecular weight is 239 g/mol. The second kappa shape index (κ2) is 4.45. The molecule has 0 atom stereocenters. The normalized spacial score (nSPS) is 18.7. The summed E-state index contributed by atoms with van der Waals surface area (Å²) >= 11 is 0. The van der Waals surface area contributed by atoms with Gasteiger partial charge in [-0.25, -0.2) is 0 Å². The maximum absolute atomic E-state index is 11.9. The van der Waals surface area contributed by atoms with E-state index in [0.29, 0.717) is 5.78 Å². The molecule has 0 radical (unpaired) electrons. The maximum Gasteiger partial charge on any atom is 0.158 e. The van der Waals surface area contributed by atoms with E-state index < -0.39 is 0 Å². The van der Waals surface area contributed by atoms with E-state index in [9.17, 15) is 4.79 Å². The third kappa shape index (κ3) is 1.88. The zero-order valence-electron chi connectivity index (χ0n) is 10.6. The number of Topliss-reactive ketones (excluding diaryl/α,β-unsaturated/α-hetero) is 1. The lowest BCUT2D eigenvalue weighted by molar-refractivity contribution is -0.116. The number of rotatable bonds is 1. The predicted octanol–water partition coefficient (Wildman–Crippen LogP) is 3.70. The van der Waals surface area contributed by atoms with Crippen LogP contribution >= 0.6 is 0 Å².